The van der Waals surface area contributed by atoms with E-state index in [4.69, 9.17) is 15.9 Å². The zero-order chi connectivity index (χ0) is 14.7. The van der Waals surface area contributed by atoms with Crippen LogP contribution in [0.1, 0.15) is 5.69 Å². The molecule has 8 N–H and O–H groups in total. The third-order valence-corrected chi connectivity index (χ3v) is 2.89. The lowest BCUT2D eigenvalue weighted by Crippen LogP contribution is -2.44. The van der Waals surface area contributed by atoms with Crippen LogP contribution in [0.25, 0.3) is 11.0 Å². The Bertz CT molecular complexity index is 638. The molecule has 2 atom stereocenters. The quantitative estimate of drug-likeness (QED) is 0.294. The molecule has 2 rings (SSSR count). The minimum absolute atomic E-state index is 0.0285. The van der Waals surface area contributed by atoms with E-state index in [-0.39, 0.29) is 24.6 Å². The predicted octanol–water partition coefficient (Wildman–Crippen LogP) is -2.97. The third-order valence-electron chi connectivity index (χ3n) is 2.89. The van der Waals surface area contributed by atoms with Gasteiger partial charge in [-0.2, -0.15) is 5.10 Å². The Balaban J connectivity index is 2.20. The molecule has 0 saturated heterocycles. The maximum atomic E-state index is 11.6. The average molecular weight is 284 g/mol. The molecule has 2 heterocycles. The molecule has 2 aromatic rings. The van der Waals surface area contributed by atoms with Crippen LogP contribution >= 0.6 is 0 Å². The van der Waals surface area contributed by atoms with E-state index in [2.05, 4.69) is 25.5 Å². The van der Waals surface area contributed by atoms with E-state index in [0.717, 1.165) is 0 Å². The van der Waals surface area contributed by atoms with Crippen molar-refractivity contribution < 1.29 is 15.3 Å². The van der Waals surface area contributed by atoms with Gasteiger partial charge in [-0.1, -0.05) is 0 Å². The van der Waals surface area contributed by atoms with E-state index in [9.17, 15) is 9.90 Å². The van der Waals surface area contributed by atoms with Crippen molar-refractivity contribution in [2.75, 3.05) is 18.9 Å². The number of nitrogen functional groups attached to an aromatic ring is 1. The molecule has 0 unspecified atom stereocenters. The largest absolute Gasteiger partial charge is 0.395 e. The molecular weight excluding hydrogens is 268 g/mol. The van der Waals surface area contributed by atoms with Gasteiger partial charge in [-0.05, 0) is 0 Å². The van der Waals surface area contributed by atoms with Gasteiger partial charge in [0.05, 0.1) is 31.1 Å². The molecule has 0 fully saturated rings. The van der Waals surface area contributed by atoms with E-state index in [1.807, 2.05) is 0 Å². The molecule has 0 aliphatic heterocycles. The van der Waals surface area contributed by atoms with Crippen molar-refractivity contribution in [2.24, 2.45) is 0 Å². The van der Waals surface area contributed by atoms with E-state index in [0.29, 0.717) is 11.2 Å². The number of hydrogen-bond acceptors (Lipinski definition) is 8. The molecule has 0 bridgehead atoms. The number of nitrogens with two attached hydrogens (primary N) is 1. The third kappa shape index (κ3) is 2.77. The molecule has 0 aliphatic carbocycles. The molecule has 110 valence electrons. The second-order valence-electron chi connectivity index (χ2n) is 4.27. The van der Waals surface area contributed by atoms with Crippen molar-refractivity contribution in [2.45, 2.75) is 18.7 Å². The highest BCUT2D eigenvalue weighted by Gasteiger charge is 2.18. The monoisotopic (exact) mass is 284 g/mol. The van der Waals surface area contributed by atoms with Gasteiger partial charge in [0, 0.05) is 6.54 Å². The van der Waals surface area contributed by atoms with E-state index in [1.54, 1.807) is 0 Å². The number of fused-ring (bicyclic) bond motifs is 1. The van der Waals surface area contributed by atoms with Crippen molar-refractivity contribution in [3.8, 4) is 0 Å². The molecule has 0 aliphatic rings. The minimum Gasteiger partial charge on any atom is -0.395 e. The molecule has 20 heavy (non-hydrogen) atoms. The summed E-state index contributed by atoms with van der Waals surface area (Å²) in [6.07, 6.45) is -1.10. The summed E-state index contributed by atoms with van der Waals surface area (Å²) >= 11 is 0. The highest BCUT2D eigenvalue weighted by atomic mass is 16.3. The summed E-state index contributed by atoms with van der Waals surface area (Å²) in [6.45, 7) is -0.675. The van der Waals surface area contributed by atoms with Crippen LogP contribution in [-0.4, -0.2) is 60.8 Å². The minimum atomic E-state index is -1.10. The summed E-state index contributed by atoms with van der Waals surface area (Å²) in [4.78, 5) is 17.9. The summed E-state index contributed by atoms with van der Waals surface area (Å²) in [6, 6.07) is -0.710. The van der Waals surface area contributed by atoms with E-state index in [1.165, 1.54) is 0 Å². The van der Waals surface area contributed by atoms with Crippen LogP contribution in [-0.2, 0) is 6.54 Å². The van der Waals surface area contributed by atoms with Crippen molar-refractivity contribution in [1.29, 1.82) is 0 Å². The number of hydrogen-bond donors (Lipinski definition) is 7. The Morgan fingerprint density at radius 2 is 2.05 bits per heavy atom. The number of aromatic nitrogens is 4. The van der Waals surface area contributed by atoms with E-state index >= 15 is 0 Å². The number of aromatic amines is 2. The number of nitrogens with one attached hydrogen (secondary N) is 3. The van der Waals surface area contributed by atoms with Crippen molar-refractivity contribution >= 4 is 17.0 Å². The maximum absolute atomic E-state index is 11.6. The molecule has 0 radical (unpaired) electrons. The van der Waals surface area contributed by atoms with Crippen molar-refractivity contribution in [3.63, 3.8) is 0 Å². The SMILES string of the molecule is Nc1nc2c(CN[C@@H](CO)[C@H](O)CO)[nH]nc2c(=O)[nH]1. The van der Waals surface area contributed by atoms with Gasteiger partial charge in [-0.25, -0.2) is 4.98 Å². The number of H-pyrrole nitrogens is 2. The summed E-state index contributed by atoms with van der Waals surface area (Å²) in [5.74, 6) is -0.0285. The predicted molar refractivity (Wildman–Crippen MR) is 69.7 cm³/mol. The fourth-order valence-electron chi connectivity index (χ4n) is 1.78. The Labute approximate surface area is 112 Å². The first-order valence-electron chi connectivity index (χ1n) is 5.92. The Morgan fingerprint density at radius 3 is 2.70 bits per heavy atom. The zero-order valence-corrected chi connectivity index (χ0v) is 10.5. The lowest BCUT2D eigenvalue weighted by molar-refractivity contribution is 0.0409. The van der Waals surface area contributed by atoms with Gasteiger partial charge in [0.1, 0.15) is 5.52 Å². The van der Waals surface area contributed by atoms with Crippen LogP contribution < -0.4 is 16.6 Å². The molecule has 0 saturated carbocycles. The standard InChI is InChI=1S/C10H16N6O4/c11-10-13-7-4(15-16-8(7)9(20)14-10)1-12-5(2-17)6(19)3-18/h5-6,12,17-19H,1-3H2,(H,15,16)(H3,11,13,14,20)/t5-,6+/m0/s1. The van der Waals surface area contributed by atoms with Gasteiger partial charge >= 0.3 is 0 Å². The first-order valence-corrected chi connectivity index (χ1v) is 5.92. The fraction of sp³-hybridized carbons (Fsp3) is 0.500. The zero-order valence-electron chi connectivity index (χ0n) is 10.5. The average Bonchev–Trinajstić information content (AvgIpc) is 2.82. The van der Waals surface area contributed by atoms with E-state index < -0.39 is 24.3 Å². The Hall–Kier alpha value is -2.01. The molecule has 0 spiro atoms. The molecule has 0 amide bonds. The molecule has 2 aromatic heterocycles. The van der Waals surface area contributed by atoms with Crippen LogP contribution in [0.4, 0.5) is 5.95 Å². The smallest absolute Gasteiger partial charge is 0.280 e. The Morgan fingerprint density at radius 1 is 1.30 bits per heavy atom. The van der Waals surface area contributed by atoms with Gasteiger partial charge < -0.3 is 26.4 Å². The number of nitrogens with zero attached hydrogens (tertiary/aromatic N) is 2. The van der Waals surface area contributed by atoms with Gasteiger partial charge in [-0.15, -0.1) is 0 Å². The normalized spacial score (nSPS) is 14.6. The van der Waals surface area contributed by atoms with Gasteiger partial charge in [-0.3, -0.25) is 14.9 Å². The van der Waals surface area contributed by atoms with Crippen LogP contribution in [0, 0.1) is 0 Å². The highest BCUT2D eigenvalue weighted by Crippen LogP contribution is 2.10. The fourth-order valence-corrected chi connectivity index (χ4v) is 1.78. The number of anilines is 1. The highest BCUT2D eigenvalue weighted by molar-refractivity contribution is 5.76. The first kappa shape index (κ1) is 14.4. The van der Waals surface area contributed by atoms with Crippen LogP contribution in [0.5, 0.6) is 0 Å². The van der Waals surface area contributed by atoms with Crippen LogP contribution in [0.2, 0.25) is 0 Å². The van der Waals surface area contributed by atoms with Gasteiger partial charge in [0.15, 0.2) is 5.52 Å². The lowest BCUT2D eigenvalue weighted by atomic mass is 10.2. The Kier molecular flexibility index (Phi) is 4.29. The number of aliphatic hydroxyl groups is 3. The lowest BCUT2D eigenvalue weighted by Gasteiger charge is -2.20. The first-order chi connectivity index (χ1) is 9.56. The summed E-state index contributed by atoms with van der Waals surface area (Å²) in [5.41, 5.74) is 5.93. The summed E-state index contributed by atoms with van der Waals surface area (Å²) in [7, 11) is 0. The van der Waals surface area contributed by atoms with Gasteiger partial charge in [0.2, 0.25) is 5.95 Å². The topological polar surface area (TPSA) is 173 Å². The molecule has 0 aromatic carbocycles. The van der Waals surface area contributed by atoms with Crippen LogP contribution in [0.15, 0.2) is 4.79 Å². The second kappa shape index (κ2) is 5.96. The molecule has 10 nitrogen and oxygen atoms in total. The van der Waals surface area contributed by atoms with Crippen molar-refractivity contribution in [1.82, 2.24) is 25.5 Å². The summed E-state index contributed by atoms with van der Waals surface area (Å²) < 4.78 is 0. The maximum Gasteiger partial charge on any atom is 0.280 e. The number of rotatable bonds is 6. The van der Waals surface area contributed by atoms with Crippen LogP contribution in [0.3, 0.4) is 0 Å². The molecule has 10 heteroatoms. The molecular formula is C10H16N6O4. The van der Waals surface area contributed by atoms with Gasteiger partial charge in [0.25, 0.3) is 5.56 Å². The van der Waals surface area contributed by atoms with Crippen molar-refractivity contribution in [3.05, 3.63) is 16.0 Å². The second-order valence-corrected chi connectivity index (χ2v) is 4.27. The summed E-state index contributed by atoms with van der Waals surface area (Å²) in [5, 5.41) is 36.7. The number of aliphatic hydroxyl groups excluding tert-OH is 3.